The van der Waals surface area contributed by atoms with Gasteiger partial charge in [-0.05, 0) is 81.4 Å². The first-order chi connectivity index (χ1) is 17.8. The zero-order valence-electron chi connectivity index (χ0n) is 25.0. The van der Waals surface area contributed by atoms with Gasteiger partial charge in [-0.25, -0.2) is 0 Å². The fourth-order valence-corrected chi connectivity index (χ4v) is 5.56. The van der Waals surface area contributed by atoms with E-state index in [1.165, 1.54) is 39.0 Å². The Morgan fingerprint density at radius 3 is 1.97 bits per heavy atom. The maximum absolute atomic E-state index is 5.43. The van der Waals surface area contributed by atoms with Crippen molar-refractivity contribution >= 4 is 11.1 Å². The van der Waals surface area contributed by atoms with E-state index in [-0.39, 0.29) is 10.8 Å². The normalized spacial score (nSPS) is 16.2. The first-order valence-corrected chi connectivity index (χ1v) is 14.2. The number of allylic oxidation sites excluding steroid dienone is 6. The third-order valence-electron chi connectivity index (χ3n) is 7.25. The van der Waals surface area contributed by atoms with Crippen molar-refractivity contribution in [3.05, 3.63) is 107 Å². The van der Waals surface area contributed by atoms with Crippen LogP contribution < -0.4 is 0 Å². The van der Waals surface area contributed by atoms with Crippen LogP contribution >= 0.6 is 0 Å². The Kier molecular flexibility index (Phi) is 9.49. The van der Waals surface area contributed by atoms with Crippen molar-refractivity contribution in [3.63, 3.8) is 0 Å². The second kappa shape index (κ2) is 12.2. The summed E-state index contributed by atoms with van der Waals surface area (Å²) in [6, 6.07) is 16.1. The lowest BCUT2D eigenvalue weighted by Gasteiger charge is -2.24. The fourth-order valence-electron chi connectivity index (χ4n) is 5.56. The van der Waals surface area contributed by atoms with Crippen LogP contribution in [0.1, 0.15) is 101 Å². The molecule has 0 N–H and O–H groups in total. The Labute approximate surface area is 233 Å². The standard InChI is InChI=1S/C38H48/c1-11-12-14-27(2)32-17-19-33(20-18-32)36-16-13-15-35(36)29(4)21-28(3)34-23-30(25-37(5,6)7)22-31(24-34)26-38(8,9)10/h1,13,15-20,22-24,29,36H,2-3,12,14,21,25-26H2,4-10H3/t29-,36?/m1/s1. The molecule has 0 spiro atoms. The molecule has 0 heterocycles. The summed E-state index contributed by atoms with van der Waals surface area (Å²) in [7, 11) is 0. The molecule has 1 unspecified atom stereocenters. The minimum Gasteiger partial charge on any atom is -0.120 e. The Balaban J connectivity index is 1.77. The minimum atomic E-state index is 0.253. The van der Waals surface area contributed by atoms with Gasteiger partial charge < -0.3 is 0 Å². The SMILES string of the molecule is C#CCCC(=C)c1ccc(C2C=CC=C2[C@H](C)CC(=C)c2cc(CC(C)(C)C)cc(CC(C)(C)C)c2)cc1. The van der Waals surface area contributed by atoms with Crippen molar-refractivity contribution in [2.24, 2.45) is 16.7 Å². The molecule has 3 rings (SSSR count). The van der Waals surface area contributed by atoms with Crippen LogP contribution in [0.2, 0.25) is 0 Å². The minimum absolute atomic E-state index is 0.253. The first kappa shape index (κ1) is 29.5. The molecule has 0 aliphatic heterocycles. The van der Waals surface area contributed by atoms with Gasteiger partial charge in [0.2, 0.25) is 0 Å². The lowest BCUT2D eigenvalue weighted by atomic mass is 9.80. The summed E-state index contributed by atoms with van der Waals surface area (Å²) < 4.78 is 0. The highest BCUT2D eigenvalue weighted by molar-refractivity contribution is 5.66. The van der Waals surface area contributed by atoms with Gasteiger partial charge in [-0.3, -0.25) is 0 Å². The van der Waals surface area contributed by atoms with Gasteiger partial charge in [-0.15, -0.1) is 12.3 Å². The highest BCUT2D eigenvalue weighted by Gasteiger charge is 2.23. The Morgan fingerprint density at radius 2 is 1.45 bits per heavy atom. The van der Waals surface area contributed by atoms with Gasteiger partial charge in [-0.2, -0.15) is 0 Å². The summed E-state index contributed by atoms with van der Waals surface area (Å²) in [6.45, 7) is 25.1. The van der Waals surface area contributed by atoms with E-state index in [2.05, 4.69) is 128 Å². The van der Waals surface area contributed by atoms with Crippen molar-refractivity contribution in [3.8, 4) is 12.3 Å². The Hall–Kier alpha value is -3.04. The summed E-state index contributed by atoms with van der Waals surface area (Å²) >= 11 is 0. The molecule has 1 aliphatic rings. The highest BCUT2D eigenvalue weighted by Crippen LogP contribution is 2.39. The topological polar surface area (TPSA) is 0 Å². The third kappa shape index (κ3) is 8.49. The zero-order chi connectivity index (χ0) is 28.1. The smallest absolute Gasteiger partial charge is 0.0237 e. The first-order valence-electron chi connectivity index (χ1n) is 14.2. The quantitative estimate of drug-likeness (QED) is 0.282. The second-order valence-electron chi connectivity index (χ2n) is 13.7. The summed E-state index contributed by atoms with van der Waals surface area (Å²) in [5.41, 5.74) is 11.0. The number of terminal acetylenes is 1. The van der Waals surface area contributed by atoms with E-state index in [9.17, 15) is 0 Å². The molecular formula is C38H48. The molecule has 200 valence electrons. The molecule has 0 aromatic heterocycles. The molecule has 1 aliphatic carbocycles. The molecule has 0 saturated heterocycles. The highest BCUT2D eigenvalue weighted by atomic mass is 14.3. The average molecular weight is 505 g/mol. The molecule has 0 nitrogen and oxygen atoms in total. The van der Waals surface area contributed by atoms with E-state index in [0.717, 1.165) is 37.7 Å². The third-order valence-corrected chi connectivity index (χ3v) is 7.25. The molecule has 0 fully saturated rings. The van der Waals surface area contributed by atoms with Crippen molar-refractivity contribution in [1.29, 1.82) is 0 Å². The van der Waals surface area contributed by atoms with Gasteiger partial charge in [0, 0.05) is 12.3 Å². The lowest BCUT2D eigenvalue weighted by Crippen LogP contribution is -2.13. The van der Waals surface area contributed by atoms with E-state index in [0.29, 0.717) is 11.8 Å². The predicted octanol–water partition coefficient (Wildman–Crippen LogP) is 10.6. The monoisotopic (exact) mass is 504 g/mol. The van der Waals surface area contributed by atoms with E-state index in [4.69, 9.17) is 6.42 Å². The zero-order valence-corrected chi connectivity index (χ0v) is 25.0. The van der Waals surface area contributed by atoms with Gasteiger partial charge in [-0.1, -0.05) is 128 Å². The van der Waals surface area contributed by atoms with Gasteiger partial charge in [0.25, 0.3) is 0 Å². The van der Waals surface area contributed by atoms with E-state index < -0.39 is 0 Å². The molecule has 0 amide bonds. The second-order valence-corrected chi connectivity index (χ2v) is 13.7. The molecule has 2 atom stereocenters. The molecule has 2 aromatic carbocycles. The molecule has 0 radical (unpaired) electrons. The van der Waals surface area contributed by atoms with Crippen LogP contribution in [-0.4, -0.2) is 0 Å². The van der Waals surface area contributed by atoms with Crippen LogP contribution in [0.25, 0.3) is 11.1 Å². The van der Waals surface area contributed by atoms with E-state index in [1.54, 1.807) is 0 Å². The summed E-state index contributed by atoms with van der Waals surface area (Å²) in [5.74, 6) is 3.43. The number of hydrogen-bond donors (Lipinski definition) is 0. The van der Waals surface area contributed by atoms with Gasteiger partial charge in [0.1, 0.15) is 0 Å². The van der Waals surface area contributed by atoms with Crippen LogP contribution in [0.4, 0.5) is 0 Å². The Morgan fingerprint density at radius 1 is 0.868 bits per heavy atom. The molecule has 0 saturated carbocycles. The predicted molar refractivity (Wildman–Crippen MR) is 169 cm³/mol. The van der Waals surface area contributed by atoms with Crippen molar-refractivity contribution in [2.75, 3.05) is 0 Å². The van der Waals surface area contributed by atoms with E-state index >= 15 is 0 Å². The van der Waals surface area contributed by atoms with Gasteiger partial charge >= 0.3 is 0 Å². The maximum Gasteiger partial charge on any atom is 0.0237 e. The molecule has 0 bridgehead atoms. The van der Waals surface area contributed by atoms with Crippen LogP contribution in [0.3, 0.4) is 0 Å². The molecule has 0 heteroatoms. The van der Waals surface area contributed by atoms with Gasteiger partial charge in [0.15, 0.2) is 0 Å². The number of rotatable bonds is 10. The van der Waals surface area contributed by atoms with Gasteiger partial charge in [0.05, 0.1) is 0 Å². The molecule has 38 heavy (non-hydrogen) atoms. The van der Waals surface area contributed by atoms with Crippen LogP contribution in [0.5, 0.6) is 0 Å². The lowest BCUT2D eigenvalue weighted by molar-refractivity contribution is 0.405. The van der Waals surface area contributed by atoms with Crippen LogP contribution in [-0.2, 0) is 12.8 Å². The van der Waals surface area contributed by atoms with E-state index in [1.807, 2.05) is 0 Å². The van der Waals surface area contributed by atoms with Crippen molar-refractivity contribution < 1.29 is 0 Å². The number of benzene rings is 2. The number of hydrogen-bond acceptors (Lipinski definition) is 0. The van der Waals surface area contributed by atoms with Crippen molar-refractivity contribution in [2.45, 2.75) is 86.5 Å². The van der Waals surface area contributed by atoms with Crippen LogP contribution in [0.15, 0.2) is 79.4 Å². The molecule has 2 aromatic rings. The Bertz CT molecular complexity index is 1200. The summed E-state index contributed by atoms with van der Waals surface area (Å²) in [4.78, 5) is 0. The largest absolute Gasteiger partial charge is 0.120 e. The molecular weight excluding hydrogens is 456 g/mol. The average Bonchev–Trinajstić information content (AvgIpc) is 3.30. The maximum atomic E-state index is 5.43. The van der Waals surface area contributed by atoms with Crippen molar-refractivity contribution in [1.82, 2.24) is 0 Å². The fraction of sp³-hybridized carbons (Fsp3) is 0.421. The summed E-state index contributed by atoms with van der Waals surface area (Å²) in [5, 5.41) is 0. The van der Waals surface area contributed by atoms with Crippen LogP contribution in [0, 0.1) is 29.1 Å². The summed E-state index contributed by atoms with van der Waals surface area (Å²) in [6.07, 6.45) is 17.0.